The van der Waals surface area contributed by atoms with E-state index in [1.54, 1.807) is 0 Å². The van der Waals surface area contributed by atoms with E-state index in [0.717, 1.165) is 25.5 Å². The second kappa shape index (κ2) is 7.45. The summed E-state index contributed by atoms with van der Waals surface area (Å²) in [6.07, 6.45) is 5.67. The van der Waals surface area contributed by atoms with Gasteiger partial charge in [-0.05, 0) is 58.4 Å². The molecule has 0 aromatic carbocycles. The van der Waals surface area contributed by atoms with Gasteiger partial charge in [-0.1, -0.05) is 13.5 Å². The van der Waals surface area contributed by atoms with Gasteiger partial charge < -0.3 is 9.47 Å². The summed E-state index contributed by atoms with van der Waals surface area (Å²) in [5.74, 6) is 0.689. The van der Waals surface area contributed by atoms with E-state index in [1.807, 2.05) is 27.0 Å². The van der Waals surface area contributed by atoms with Crippen molar-refractivity contribution < 1.29 is 9.47 Å². The van der Waals surface area contributed by atoms with E-state index in [0.29, 0.717) is 24.0 Å². The fraction of sp³-hybridized carbons (Fsp3) is 0.842. The van der Waals surface area contributed by atoms with Crippen molar-refractivity contribution in [2.24, 2.45) is 16.3 Å². The summed E-state index contributed by atoms with van der Waals surface area (Å²) in [4.78, 5) is 6.91. The van der Waals surface area contributed by atoms with Gasteiger partial charge in [-0.15, -0.1) is 0 Å². The Morgan fingerprint density at radius 2 is 2.17 bits per heavy atom. The molecule has 23 heavy (non-hydrogen) atoms. The number of ether oxygens (including phenoxy) is 2. The first-order valence-corrected chi connectivity index (χ1v) is 8.93. The molecule has 0 aromatic heterocycles. The Balaban J connectivity index is 1.78. The van der Waals surface area contributed by atoms with E-state index in [9.17, 15) is 0 Å². The second-order valence-corrected chi connectivity index (χ2v) is 7.93. The average molecular weight is 322 g/mol. The lowest BCUT2D eigenvalue weighted by Crippen LogP contribution is -2.55. The van der Waals surface area contributed by atoms with Crippen molar-refractivity contribution in [3.05, 3.63) is 12.3 Å². The van der Waals surface area contributed by atoms with Crippen LogP contribution in [0.4, 0.5) is 0 Å². The Bertz CT molecular complexity index is 439. The molecule has 1 aliphatic carbocycles. The summed E-state index contributed by atoms with van der Waals surface area (Å²) >= 11 is 0. The molecule has 1 spiro atoms. The third-order valence-electron chi connectivity index (χ3n) is 5.57. The number of hydrogen-bond acceptors (Lipinski definition) is 4. The topological polar surface area (TPSA) is 34.1 Å². The molecule has 1 heterocycles. The lowest BCUT2D eigenvalue weighted by Gasteiger charge is -2.56. The highest BCUT2D eigenvalue weighted by atomic mass is 16.5. The molecule has 1 saturated carbocycles. The molecule has 0 unspecified atom stereocenters. The predicted molar refractivity (Wildman–Crippen MR) is 96.0 cm³/mol. The quantitative estimate of drug-likeness (QED) is 0.673. The SMILES string of the molecule is C=C(CN(C)C1CC2(CCOC[C@@H]2C)C1)N=CC(C)(C)OCC. The molecule has 0 radical (unpaired) electrons. The van der Waals surface area contributed by atoms with Gasteiger partial charge in [-0.3, -0.25) is 9.89 Å². The molecule has 0 aromatic rings. The number of rotatable bonds is 7. The minimum Gasteiger partial charge on any atom is -0.381 e. The minimum atomic E-state index is -0.325. The van der Waals surface area contributed by atoms with Crippen LogP contribution >= 0.6 is 0 Å². The van der Waals surface area contributed by atoms with E-state index in [1.165, 1.54) is 19.3 Å². The smallest absolute Gasteiger partial charge is 0.0975 e. The summed E-state index contributed by atoms with van der Waals surface area (Å²) in [7, 11) is 2.19. The molecular weight excluding hydrogens is 288 g/mol. The maximum absolute atomic E-state index is 5.64. The van der Waals surface area contributed by atoms with Gasteiger partial charge in [0, 0.05) is 44.3 Å². The van der Waals surface area contributed by atoms with Crippen LogP contribution in [0.25, 0.3) is 0 Å². The largest absolute Gasteiger partial charge is 0.381 e. The van der Waals surface area contributed by atoms with Gasteiger partial charge in [-0.2, -0.15) is 0 Å². The molecular formula is C19H34N2O2. The summed E-state index contributed by atoms with van der Waals surface area (Å²) in [5.41, 5.74) is 1.11. The standard InChI is InChI=1S/C19H34N2O2/c1-7-23-18(4,5)14-20-16(3)12-21(6)17-10-19(11-17)8-9-22-13-15(19)2/h14-15,17H,3,7-13H2,1-2,4-6H3/t15-,17?,19?/m0/s1. The van der Waals surface area contributed by atoms with Crippen molar-refractivity contribution >= 4 is 6.21 Å². The normalized spacial score (nSPS) is 31.7. The lowest BCUT2D eigenvalue weighted by atomic mass is 9.56. The van der Waals surface area contributed by atoms with E-state index in [-0.39, 0.29) is 5.60 Å². The fourth-order valence-corrected chi connectivity index (χ4v) is 3.87. The Kier molecular flexibility index (Phi) is 6.04. The van der Waals surface area contributed by atoms with E-state index in [4.69, 9.17) is 9.47 Å². The average Bonchev–Trinajstić information content (AvgIpc) is 2.43. The van der Waals surface area contributed by atoms with Gasteiger partial charge >= 0.3 is 0 Å². The molecule has 0 bridgehead atoms. The van der Waals surface area contributed by atoms with Crippen molar-refractivity contribution in [2.45, 2.75) is 58.6 Å². The second-order valence-electron chi connectivity index (χ2n) is 7.93. The monoisotopic (exact) mass is 322 g/mol. The van der Waals surface area contributed by atoms with Gasteiger partial charge in [-0.25, -0.2) is 0 Å². The lowest BCUT2D eigenvalue weighted by molar-refractivity contribution is -0.110. The molecule has 2 aliphatic rings. The van der Waals surface area contributed by atoms with Crippen molar-refractivity contribution in [1.29, 1.82) is 0 Å². The molecule has 132 valence electrons. The van der Waals surface area contributed by atoms with Gasteiger partial charge in [0.05, 0.1) is 5.60 Å². The van der Waals surface area contributed by atoms with Crippen LogP contribution in [0, 0.1) is 11.3 Å². The van der Waals surface area contributed by atoms with Crippen molar-refractivity contribution in [3.63, 3.8) is 0 Å². The highest BCUT2D eigenvalue weighted by Crippen LogP contribution is 2.53. The number of hydrogen-bond donors (Lipinski definition) is 0. The third-order valence-corrected chi connectivity index (χ3v) is 5.57. The molecule has 0 N–H and O–H groups in total. The number of aliphatic imine (C=N–C) groups is 1. The maximum atomic E-state index is 5.64. The Morgan fingerprint density at radius 3 is 2.78 bits per heavy atom. The fourth-order valence-electron chi connectivity index (χ4n) is 3.87. The molecule has 1 atom stereocenters. The predicted octanol–water partition coefficient (Wildman–Crippen LogP) is 3.52. The molecule has 1 saturated heterocycles. The first-order chi connectivity index (χ1) is 10.8. The first kappa shape index (κ1) is 18.6. The van der Waals surface area contributed by atoms with Gasteiger partial charge in [0.2, 0.25) is 0 Å². The maximum Gasteiger partial charge on any atom is 0.0975 e. The van der Waals surface area contributed by atoms with Crippen LogP contribution < -0.4 is 0 Å². The number of nitrogens with zero attached hydrogens (tertiary/aromatic N) is 2. The summed E-state index contributed by atoms with van der Waals surface area (Å²) in [6, 6.07) is 0.655. The van der Waals surface area contributed by atoms with E-state index < -0.39 is 0 Å². The van der Waals surface area contributed by atoms with Gasteiger partial charge in [0.15, 0.2) is 0 Å². The van der Waals surface area contributed by atoms with E-state index >= 15 is 0 Å². The third kappa shape index (κ3) is 4.65. The van der Waals surface area contributed by atoms with Crippen LogP contribution in [-0.4, -0.2) is 56.2 Å². The van der Waals surface area contributed by atoms with Gasteiger partial charge in [0.25, 0.3) is 0 Å². The number of likely N-dealkylation sites (N-methyl/N-ethyl adjacent to an activating group) is 1. The van der Waals surface area contributed by atoms with Crippen LogP contribution in [-0.2, 0) is 9.47 Å². The molecule has 1 aliphatic heterocycles. The van der Waals surface area contributed by atoms with Crippen molar-refractivity contribution in [1.82, 2.24) is 4.90 Å². The van der Waals surface area contributed by atoms with Crippen LogP contribution in [0.5, 0.6) is 0 Å². The molecule has 4 nitrogen and oxygen atoms in total. The van der Waals surface area contributed by atoms with Gasteiger partial charge in [0.1, 0.15) is 0 Å². The van der Waals surface area contributed by atoms with Crippen LogP contribution in [0.1, 0.15) is 47.0 Å². The zero-order chi connectivity index (χ0) is 17.1. The Labute approximate surface area is 141 Å². The van der Waals surface area contributed by atoms with Crippen LogP contribution in [0.2, 0.25) is 0 Å². The first-order valence-electron chi connectivity index (χ1n) is 8.93. The molecule has 2 rings (SSSR count). The van der Waals surface area contributed by atoms with Crippen LogP contribution in [0.15, 0.2) is 17.3 Å². The summed E-state index contributed by atoms with van der Waals surface area (Å²) in [6.45, 7) is 15.9. The van der Waals surface area contributed by atoms with E-state index in [2.05, 4.69) is 30.4 Å². The summed E-state index contributed by atoms with van der Waals surface area (Å²) in [5, 5.41) is 0. The Morgan fingerprint density at radius 1 is 1.48 bits per heavy atom. The summed E-state index contributed by atoms with van der Waals surface area (Å²) < 4.78 is 11.2. The Hall–Kier alpha value is -0.710. The minimum absolute atomic E-state index is 0.325. The highest BCUT2D eigenvalue weighted by molar-refractivity contribution is 5.68. The zero-order valence-corrected chi connectivity index (χ0v) is 15.6. The van der Waals surface area contributed by atoms with Crippen molar-refractivity contribution in [2.75, 3.05) is 33.4 Å². The zero-order valence-electron chi connectivity index (χ0n) is 15.6. The molecule has 4 heteroatoms. The van der Waals surface area contributed by atoms with Crippen LogP contribution in [0.3, 0.4) is 0 Å². The van der Waals surface area contributed by atoms with Crippen molar-refractivity contribution in [3.8, 4) is 0 Å². The molecule has 2 fully saturated rings. The molecule has 0 amide bonds. The highest BCUT2D eigenvalue weighted by Gasteiger charge is 2.50.